The standard InChI is InChI=1S/C25H18F3N5O/c1-14-12-22(33-32-14)30-23-19-11-6-15(18-4-2-3-5-21(18)34)13-20(19)29-24(31-23)25(27,28)16-7-9-17(26)10-8-16/h2-13,34H,1H3,(H2,29,30,31,32,33). The van der Waals surface area contributed by atoms with E-state index in [1.54, 1.807) is 48.5 Å². The minimum Gasteiger partial charge on any atom is -0.507 e. The highest BCUT2D eigenvalue weighted by Gasteiger charge is 2.38. The van der Waals surface area contributed by atoms with Crippen LogP contribution in [0.15, 0.2) is 72.8 Å². The Hall–Kier alpha value is -4.40. The van der Waals surface area contributed by atoms with E-state index in [4.69, 9.17) is 0 Å². The number of aromatic amines is 1. The molecule has 0 aliphatic rings. The van der Waals surface area contributed by atoms with Gasteiger partial charge in [-0.2, -0.15) is 13.9 Å². The summed E-state index contributed by atoms with van der Waals surface area (Å²) in [7, 11) is 0. The summed E-state index contributed by atoms with van der Waals surface area (Å²) in [5.41, 5.74) is 1.71. The zero-order valence-corrected chi connectivity index (χ0v) is 17.9. The summed E-state index contributed by atoms with van der Waals surface area (Å²) in [6.07, 6.45) is 0. The second-order valence-corrected chi connectivity index (χ2v) is 7.79. The van der Waals surface area contributed by atoms with Crippen molar-refractivity contribution in [2.75, 3.05) is 5.32 Å². The van der Waals surface area contributed by atoms with Crippen LogP contribution in [0.5, 0.6) is 5.75 Å². The van der Waals surface area contributed by atoms with Crippen LogP contribution in [0.1, 0.15) is 17.1 Å². The second kappa shape index (κ2) is 8.18. The van der Waals surface area contributed by atoms with Crippen molar-refractivity contribution in [1.82, 2.24) is 20.2 Å². The number of para-hydroxylation sites is 1. The minimum atomic E-state index is -3.59. The maximum Gasteiger partial charge on any atom is 0.331 e. The predicted octanol–water partition coefficient (Wildman–Crippen LogP) is 6.06. The van der Waals surface area contributed by atoms with Gasteiger partial charge in [0.25, 0.3) is 0 Å². The predicted molar refractivity (Wildman–Crippen MR) is 123 cm³/mol. The smallest absolute Gasteiger partial charge is 0.331 e. The highest BCUT2D eigenvalue weighted by atomic mass is 19.3. The maximum atomic E-state index is 15.4. The van der Waals surface area contributed by atoms with Crippen LogP contribution >= 0.6 is 0 Å². The van der Waals surface area contributed by atoms with Gasteiger partial charge in [0.05, 0.1) is 5.52 Å². The molecule has 170 valence electrons. The lowest BCUT2D eigenvalue weighted by Crippen LogP contribution is -2.20. The molecule has 2 heterocycles. The maximum absolute atomic E-state index is 15.4. The number of phenols is 1. The van der Waals surface area contributed by atoms with E-state index in [1.165, 1.54) is 0 Å². The van der Waals surface area contributed by atoms with E-state index in [1.807, 2.05) is 6.92 Å². The molecule has 5 aromatic rings. The Bertz CT molecular complexity index is 1500. The van der Waals surface area contributed by atoms with Gasteiger partial charge in [0.2, 0.25) is 5.82 Å². The van der Waals surface area contributed by atoms with Crippen molar-refractivity contribution < 1.29 is 18.3 Å². The van der Waals surface area contributed by atoms with Crippen LogP contribution in [0.2, 0.25) is 0 Å². The van der Waals surface area contributed by atoms with Crippen molar-refractivity contribution in [2.45, 2.75) is 12.8 Å². The third-order valence-corrected chi connectivity index (χ3v) is 5.35. The number of nitrogens with zero attached hydrogens (tertiary/aromatic N) is 3. The van der Waals surface area contributed by atoms with Gasteiger partial charge in [0.1, 0.15) is 17.4 Å². The number of aryl methyl sites for hydroxylation is 1. The van der Waals surface area contributed by atoms with E-state index in [-0.39, 0.29) is 17.1 Å². The third-order valence-electron chi connectivity index (χ3n) is 5.35. The number of H-pyrrole nitrogens is 1. The Labute approximate surface area is 192 Å². The number of alkyl halides is 2. The van der Waals surface area contributed by atoms with Crippen molar-refractivity contribution in [3.8, 4) is 16.9 Å². The number of nitrogens with one attached hydrogen (secondary N) is 2. The average Bonchev–Trinajstić information content (AvgIpc) is 3.23. The third kappa shape index (κ3) is 3.92. The lowest BCUT2D eigenvalue weighted by atomic mass is 10.0. The molecule has 6 nitrogen and oxygen atoms in total. The van der Waals surface area contributed by atoms with Crippen LogP contribution in [0.3, 0.4) is 0 Å². The summed E-state index contributed by atoms with van der Waals surface area (Å²) < 4.78 is 44.2. The number of anilines is 2. The van der Waals surface area contributed by atoms with E-state index >= 15 is 8.78 Å². The molecule has 3 N–H and O–H groups in total. The average molecular weight is 461 g/mol. The molecule has 5 rings (SSSR count). The van der Waals surface area contributed by atoms with Gasteiger partial charge in [-0.05, 0) is 55.0 Å². The first-order chi connectivity index (χ1) is 16.3. The first-order valence-electron chi connectivity index (χ1n) is 10.3. The van der Waals surface area contributed by atoms with Crippen molar-refractivity contribution in [1.29, 1.82) is 0 Å². The van der Waals surface area contributed by atoms with Gasteiger partial charge in [0.15, 0.2) is 5.82 Å². The van der Waals surface area contributed by atoms with Crippen LogP contribution in [-0.4, -0.2) is 25.3 Å². The van der Waals surface area contributed by atoms with Crippen LogP contribution in [0, 0.1) is 12.7 Å². The molecule has 0 fully saturated rings. The summed E-state index contributed by atoms with van der Waals surface area (Å²) in [6.45, 7) is 1.81. The SMILES string of the molecule is Cc1cc(Nc2nc(C(F)(F)c3ccc(F)cc3)nc3cc(-c4ccccc4O)ccc23)n[nH]1. The van der Waals surface area contributed by atoms with Crippen LogP contribution in [-0.2, 0) is 5.92 Å². The molecule has 0 aliphatic carbocycles. The molecular weight excluding hydrogens is 443 g/mol. The monoisotopic (exact) mass is 461 g/mol. The first-order valence-corrected chi connectivity index (χ1v) is 10.3. The van der Waals surface area contributed by atoms with Crippen molar-refractivity contribution >= 4 is 22.5 Å². The Balaban J connectivity index is 1.69. The Morgan fingerprint density at radius 3 is 2.41 bits per heavy atom. The summed E-state index contributed by atoms with van der Waals surface area (Å²) in [5.74, 6) is -4.38. The molecular formula is C25H18F3N5O. The molecule has 34 heavy (non-hydrogen) atoms. The van der Waals surface area contributed by atoms with Crippen molar-refractivity contribution in [3.05, 3.63) is 95.7 Å². The number of aromatic nitrogens is 4. The normalized spacial score (nSPS) is 11.6. The fourth-order valence-corrected chi connectivity index (χ4v) is 3.64. The Morgan fingerprint density at radius 1 is 0.941 bits per heavy atom. The molecule has 0 spiro atoms. The van der Waals surface area contributed by atoms with Gasteiger partial charge < -0.3 is 10.4 Å². The highest BCUT2D eigenvalue weighted by Crippen LogP contribution is 2.38. The highest BCUT2D eigenvalue weighted by molar-refractivity contribution is 5.94. The van der Waals surface area contributed by atoms with Crippen molar-refractivity contribution in [2.24, 2.45) is 0 Å². The number of hydrogen-bond acceptors (Lipinski definition) is 5. The molecule has 2 aromatic heterocycles. The van der Waals surface area contributed by atoms with Gasteiger partial charge in [-0.3, -0.25) is 5.10 Å². The van der Waals surface area contributed by atoms with Gasteiger partial charge in [-0.1, -0.05) is 24.3 Å². The topological polar surface area (TPSA) is 86.7 Å². The summed E-state index contributed by atoms with van der Waals surface area (Å²) in [4.78, 5) is 8.29. The van der Waals surface area contributed by atoms with Gasteiger partial charge >= 0.3 is 5.92 Å². The molecule has 0 radical (unpaired) electrons. The number of fused-ring (bicyclic) bond motifs is 1. The van der Waals surface area contributed by atoms with E-state index in [2.05, 4.69) is 25.5 Å². The summed E-state index contributed by atoms with van der Waals surface area (Å²) in [5, 5.41) is 20.6. The molecule has 0 saturated carbocycles. The molecule has 0 amide bonds. The Kier molecular flexibility index (Phi) is 5.16. The van der Waals surface area contributed by atoms with E-state index in [0.29, 0.717) is 22.3 Å². The fourth-order valence-electron chi connectivity index (χ4n) is 3.64. The van der Waals surface area contributed by atoms with E-state index < -0.39 is 23.1 Å². The minimum absolute atomic E-state index is 0.0538. The van der Waals surface area contributed by atoms with Crippen LogP contribution in [0.25, 0.3) is 22.0 Å². The number of hydrogen-bond donors (Lipinski definition) is 3. The van der Waals surface area contributed by atoms with Crippen molar-refractivity contribution in [3.63, 3.8) is 0 Å². The summed E-state index contributed by atoms with van der Waals surface area (Å²) >= 11 is 0. The van der Waals surface area contributed by atoms with Gasteiger partial charge in [-0.15, -0.1) is 0 Å². The van der Waals surface area contributed by atoms with Crippen LogP contribution < -0.4 is 5.32 Å². The number of rotatable bonds is 5. The van der Waals surface area contributed by atoms with Gasteiger partial charge in [0, 0.05) is 28.3 Å². The molecule has 9 heteroatoms. The Morgan fingerprint density at radius 2 is 1.71 bits per heavy atom. The first kappa shape index (κ1) is 21.4. The molecule has 0 aliphatic heterocycles. The summed E-state index contributed by atoms with van der Waals surface area (Å²) in [6, 6.07) is 17.4. The largest absolute Gasteiger partial charge is 0.507 e. The molecule has 0 saturated heterocycles. The lowest BCUT2D eigenvalue weighted by Gasteiger charge is -2.18. The zero-order chi connectivity index (χ0) is 23.9. The number of aromatic hydroxyl groups is 1. The second-order valence-electron chi connectivity index (χ2n) is 7.79. The van der Waals surface area contributed by atoms with Gasteiger partial charge in [-0.25, -0.2) is 14.4 Å². The van der Waals surface area contributed by atoms with E-state index in [9.17, 15) is 9.50 Å². The number of halogens is 3. The number of phenolic OH excluding ortho intramolecular Hbond substituents is 1. The van der Waals surface area contributed by atoms with E-state index in [0.717, 1.165) is 30.0 Å². The number of benzene rings is 3. The molecule has 0 atom stereocenters. The lowest BCUT2D eigenvalue weighted by molar-refractivity contribution is 0.0333. The quantitative estimate of drug-likeness (QED) is 0.296. The molecule has 0 unspecified atom stereocenters. The molecule has 3 aromatic carbocycles. The molecule has 0 bridgehead atoms. The van der Waals surface area contributed by atoms with Crippen LogP contribution in [0.4, 0.5) is 24.8 Å². The fraction of sp³-hybridized carbons (Fsp3) is 0.0800. The zero-order valence-electron chi connectivity index (χ0n) is 17.9.